The summed E-state index contributed by atoms with van der Waals surface area (Å²) in [6.45, 7) is 6.52. The summed E-state index contributed by atoms with van der Waals surface area (Å²) in [4.78, 5) is 8.77. The van der Waals surface area contributed by atoms with Crippen LogP contribution in [0.2, 0.25) is 5.15 Å². The fraction of sp³-hybridized carbons (Fsp3) is 0.667. The average molecular weight is 240 g/mol. The van der Waals surface area contributed by atoms with Gasteiger partial charge in [-0.15, -0.1) is 0 Å². The average Bonchev–Trinajstić information content (AvgIpc) is 2.99. The number of anilines is 1. The van der Waals surface area contributed by atoms with Gasteiger partial charge < -0.3 is 5.32 Å². The second-order valence-corrected chi connectivity index (χ2v) is 5.27. The molecule has 0 radical (unpaired) electrons. The van der Waals surface area contributed by atoms with E-state index in [0.717, 1.165) is 11.6 Å². The van der Waals surface area contributed by atoms with Crippen molar-refractivity contribution in [2.75, 3.05) is 5.32 Å². The van der Waals surface area contributed by atoms with Crippen LogP contribution in [0.5, 0.6) is 0 Å². The number of hydrogen-bond acceptors (Lipinski definition) is 3. The largest absolute Gasteiger partial charge is 0.367 e. The van der Waals surface area contributed by atoms with E-state index >= 15 is 0 Å². The van der Waals surface area contributed by atoms with Crippen molar-refractivity contribution in [2.24, 2.45) is 5.92 Å². The molecule has 2 rings (SSSR count). The summed E-state index contributed by atoms with van der Waals surface area (Å²) >= 11 is 5.99. The van der Waals surface area contributed by atoms with Crippen LogP contribution in [0.25, 0.3) is 0 Å². The first-order chi connectivity index (χ1) is 7.56. The molecule has 1 aromatic heterocycles. The fourth-order valence-corrected chi connectivity index (χ4v) is 1.62. The Morgan fingerprint density at radius 3 is 2.56 bits per heavy atom. The second-order valence-electron chi connectivity index (χ2n) is 4.89. The van der Waals surface area contributed by atoms with Gasteiger partial charge in [-0.1, -0.05) is 25.4 Å². The molecule has 0 aliphatic heterocycles. The summed E-state index contributed by atoms with van der Waals surface area (Å²) < 4.78 is 0. The highest BCUT2D eigenvalue weighted by atomic mass is 35.5. The Hall–Kier alpha value is -0.830. The van der Waals surface area contributed by atoms with Crippen molar-refractivity contribution in [3.8, 4) is 0 Å². The van der Waals surface area contributed by atoms with Gasteiger partial charge in [0.05, 0.1) is 0 Å². The van der Waals surface area contributed by atoms with Crippen LogP contribution in [0.4, 0.5) is 5.82 Å². The summed E-state index contributed by atoms with van der Waals surface area (Å²) in [6, 6.07) is 2.18. The Morgan fingerprint density at radius 2 is 2.00 bits per heavy atom. The monoisotopic (exact) mass is 239 g/mol. The predicted octanol–water partition coefficient (Wildman–Crippen LogP) is 3.46. The van der Waals surface area contributed by atoms with E-state index in [4.69, 9.17) is 11.6 Å². The summed E-state index contributed by atoms with van der Waals surface area (Å²) in [5.41, 5.74) is 0. The SMILES string of the molecule is CC(C)C(C)Nc1cc(Cl)nc(C2CC2)n1. The van der Waals surface area contributed by atoms with E-state index in [1.807, 2.05) is 0 Å². The summed E-state index contributed by atoms with van der Waals surface area (Å²) in [7, 11) is 0. The number of rotatable bonds is 4. The van der Waals surface area contributed by atoms with Gasteiger partial charge in [-0.25, -0.2) is 9.97 Å². The third-order valence-corrected chi connectivity index (χ3v) is 3.22. The fourth-order valence-electron chi connectivity index (χ4n) is 1.43. The van der Waals surface area contributed by atoms with E-state index in [0.29, 0.717) is 23.0 Å². The first kappa shape index (κ1) is 11.6. The molecule has 1 aliphatic carbocycles. The third kappa shape index (κ3) is 2.85. The highest BCUT2D eigenvalue weighted by Crippen LogP contribution is 2.38. The first-order valence-electron chi connectivity index (χ1n) is 5.87. The van der Waals surface area contributed by atoms with Crippen LogP contribution in [0.3, 0.4) is 0 Å². The Morgan fingerprint density at radius 1 is 1.31 bits per heavy atom. The second kappa shape index (κ2) is 4.58. The molecule has 4 heteroatoms. The lowest BCUT2D eigenvalue weighted by atomic mass is 10.1. The number of nitrogens with zero attached hydrogens (tertiary/aromatic N) is 2. The minimum Gasteiger partial charge on any atom is -0.367 e. The lowest BCUT2D eigenvalue weighted by Crippen LogP contribution is -2.22. The van der Waals surface area contributed by atoms with Crippen molar-refractivity contribution in [3.05, 3.63) is 17.0 Å². The number of aromatic nitrogens is 2. The van der Waals surface area contributed by atoms with E-state index in [9.17, 15) is 0 Å². The quantitative estimate of drug-likeness (QED) is 0.818. The topological polar surface area (TPSA) is 37.8 Å². The van der Waals surface area contributed by atoms with Crippen molar-refractivity contribution in [1.29, 1.82) is 0 Å². The molecule has 1 fully saturated rings. The summed E-state index contributed by atoms with van der Waals surface area (Å²) in [6.07, 6.45) is 2.39. The zero-order valence-corrected chi connectivity index (χ0v) is 10.8. The van der Waals surface area contributed by atoms with Gasteiger partial charge >= 0.3 is 0 Å². The maximum absolute atomic E-state index is 5.99. The van der Waals surface area contributed by atoms with Gasteiger partial charge in [-0.05, 0) is 25.7 Å². The number of nitrogens with one attached hydrogen (secondary N) is 1. The van der Waals surface area contributed by atoms with Gasteiger partial charge in [-0.2, -0.15) is 0 Å². The van der Waals surface area contributed by atoms with E-state index in [-0.39, 0.29) is 0 Å². The molecule has 0 bridgehead atoms. The maximum atomic E-state index is 5.99. The highest BCUT2D eigenvalue weighted by molar-refractivity contribution is 6.29. The van der Waals surface area contributed by atoms with Crippen LogP contribution >= 0.6 is 11.6 Å². The maximum Gasteiger partial charge on any atom is 0.135 e. The van der Waals surface area contributed by atoms with Crippen molar-refractivity contribution >= 4 is 17.4 Å². The lowest BCUT2D eigenvalue weighted by molar-refractivity contribution is 0.558. The van der Waals surface area contributed by atoms with Gasteiger partial charge in [0.1, 0.15) is 16.8 Å². The van der Waals surface area contributed by atoms with Crippen LogP contribution in [0.1, 0.15) is 45.4 Å². The zero-order valence-electron chi connectivity index (χ0n) is 10.00. The molecule has 1 saturated carbocycles. The molecular formula is C12H18ClN3. The smallest absolute Gasteiger partial charge is 0.135 e. The summed E-state index contributed by atoms with van der Waals surface area (Å²) in [5.74, 6) is 2.85. The Balaban J connectivity index is 2.13. The molecule has 0 amide bonds. The van der Waals surface area contributed by atoms with Crippen LogP contribution in [-0.2, 0) is 0 Å². The van der Waals surface area contributed by atoms with E-state index < -0.39 is 0 Å². The third-order valence-electron chi connectivity index (χ3n) is 3.03. The molecular weight excluding hydrogens is 222 g/mol. The summed E-state index contributed by atoms with van der Waals surface area (Å²) in [5, 5.41) is 3.91. The Bertz CT molecular complexity index is 375. The van der Waals surface area contributed by atoms with Crippen molar-refractivity contribution < 1.29 is 0 Å². The van der Waals surface area contributed by atoms with Gasteiger partial charge in [0.15, 0.2) is 0 Å². The molecule has 1 aliphatic rings. The van der Waals surface area contributed by atoms with Crippen molar-refractivity contribution in [3.63, 3.8) is 0 Å². The lowest BCUT2D eigenvalue weighted by Gasteiger charge is -2.18. The molecule has 3 nitrogen and oxygen atoms in total. The van der Waals surface area contributed by atoms with Crippen LogP contribution in [0.15, 0.2) is 6.07 Å². The predicted molar refractivity (Wildman–Crippen MR) is 66.9 cm³/mol. The molecule has 16 heavy (non-hydrogen) atoms. The number of hydrogen-bond donors (Lipinski definition) is 1. The Labute approximate surface area is 102 Å². The van der Waals surface area contributed by atoms with E-state index in [1.54, 1.807) is 6.07 Å². The minimum absolute atomic E-state index is 0.387. The normalized spacial score (nSPS) is 17.6. The molecule has 0 spiro atoms. The molecule has 0 saturated heterocycles. The van der Waals surface area contributed by atoms with Crippen LogP contribution < -0.4 is 5.32 Å². The van der Waals surface area contributed by atoms with Crippen LogP contribution in [-0.4, -0.2) is 16.0 Å². The first-order valence-corrected chi connectivity index (χ1v) is 6.25. The van der Waals surface area contributed by atoms with Crippen LogP contribution in [0, 0.1) is 5.92 Å². The van der Waals surface area contributed by atoms with Gasteiger partial charge in [0.25, 0.3) is 0 Å². The van der Waals surface area contributed by atoms with Gasteiger partial charge in [0, 0.05) is 18.0 Å². The number of halogens is 1. The molecule has 1 heterocycles. The zero-order chi connectivity index (χ0) is 11.7. The highest BCUT2D eigenvalue weighted by Gasteiger charge is 2.27. The molecule has 1 atom stereocenters. The van der Waals surface area contributed by atoms with Gasteiger partial charge in [-0.3, -0.25) is 0 Å². The molecule has 0 aromatic carbocycles. The van der Waals surface area contributed by atoms with Crippen molar-refractivity contribution in [2.45, 2.75) is 45.6 Å². The molecule has 88 valence electrons. The Kier molecular flexibility index (Phi) is 3.33. The van der Waals surface area contributed by atoms with Gasteiger partial charge in [0.2, 0.25) is 0 Å². The van der Waals surface area contributed by atoms with E-state index in [2.05, 4.69) is 36.1 Å². The van der Waals surface area contributed by atoms with Crippen molar-refractivity contribution in [1.82, 2.24) is 9.97 Å². The standard InChI is InChI=1S/C12H18ClN3/c1-7(2)8(3)14-11-6-10(13)15-12(16-11)9-4-5-9/h6-9H,4-5H2,1-3H3,(H,14,15,16). The molecule has 1 N–H and O–H groups in total. The molecule has 1 unspecified atom stereocenters. The molecule has 1 aromatic rings. The van der Waals surface area contributed by atoms with E-state index in [1.165, 1.54) is 12.8 Å². The minimum atomic E-state index is 0.387.